The van der Waals surface area contributed by atoms with Gasteiger partial charge in [0.1, 0.15) is 17.4 Å². The summed E-state index contributed by atoms with van der Waals surface area (Å²) in [6.07, 6.45) is 1.48. The van der Waals surface area contributed by atoms with Gasteiger partial charge in [0.25, 0.3) is 0 Å². The van der Waals surface area contributed by atoms with E-state index in [-0.39, 0.29) is 24.1 Å². The molecule has 9 heteroatoms. The van der Waals surface area contributed by atoms with Crippen molar-refractivity contribution in [2.24, 2.45) is 0 Å². The molecule has 28 heavy (non-hydrogen) atoms. The summed E-state index contributed by atoms with van der Waals surface area (Å²) in [6.45, 7) is 0.236. The summed E-state index contributed by atoms with van der Waals surface area (Å²) in [5, 5.41) is 5.20. The van der Waals surface area contributed by atoms with Gasteiger partial charge in [-0.3, -0.25) is 5.32 Å². The van der Waals surface area contributed by atoms with Crippen LogP contribution in [0.1, 0.15) is 5.56 Å². The molecule has 142 valence electrons. The number of anilines is 2. The molecule has 1 aliphatic heterocycles. The number of nitrogens with one attached hydrogen (secondary N) is 3. The zero-order chi connectivity index (χ0) is 19.5. The Balaban J connectivity index is 1.47. The minimum atomic E-state index is -0.553. The number of rotatable bonds is 5. The number of hydrogen-bond donors (Lipinski definition) is 3. The van der Waals surface area contributed by atoms with Crippen molar-refractivity contribution >= 4 is 29.5 Å². The van der Waals surface area contributed by atoms with Crippen molar-refractivity contribution in [3.63, 3.8) is 0 Å². The molecule has 0 bridgehead atoms. The first-order valence-corrected chi connectivity index (χ1v) is 9.09. The first kappa shape index (κ1) is 18.1. The van der Waals surface area contributed by atoms with Gasteiger partial charge in [0.2, 0.25) is 0 Å². The second kappa shape index (κ2) is 7.73. The minimum absolute atomic E-state index is 0.0441. The zero-order valence-corrected chi connectivity index (χ0v) is 15.1. The van der Waals surface area contributed by atoms with Crippen LogP contribution in [0.3, 0.4) is 0 Å². The Morgan fingerprint density at radius 2 is 1.89 bits per heavy atom. The quantitative estimate of drug-likeness (QED) is 0.531. The molecule has 1 aliphatic rings. The standard InChI is InChI=1S/C19H14F2N4O2S/c20-11-1-4-13(5-2-11)28-25-12-3-6-17(15(21)9-12)27-16-7-8-22-18-14(16)10-23-19(26)24-18/h1-9,25H,10H2,(H2,22,23,24,26). The van der Waals surface area contributed by atoms with Crippen LogP contribution in [0.4, 0.5) is 25.1 Å². The summed E-state index contributed by atoms with van der Waals surface area (Å²) in [7, 11) is 0. The van der Waals surface area contributed by atoms with Gasteiger partial charge in [-0.25, -0.2) is 18.6 Å². The average Bonchev–Trinajstić information content (AvgIpc) is 2.69. The van der Waals surface area contributed by atoms with Crippen molar-refractivity contribution in [3.05, 3.63) is 71.9 Å². The highest BCUT2D eigenvalue weighted by Gasteiger charge is 2.20. The molecule has 0 radical (unpaired) electrons. The second-order valence-electron chi connectivity index (χ2n) is 5.85. The molecular formula is C19H14F2N4O2S. The van der Waals surface area contributed by atoms with E-state index in [4.69, 9.17) is 4.74 Å². The van der Waals surface area contributed by atoms with Gasteiger partial charge in [0.15, 0.2) is 11.6 Å². The molecule has 0 saturated carbocycles. The zero-order valence-electron chi connectivity index (χ0n) is 14.3. The first-order chi connectivity index (χ1) is 13.6. The van der Waals surface area contributed by atoms with Gasteiger partial charge in [0, 0.05) is 22.8 Å². The number of urea groups is 1. The van der Waals surface area contributed by atoms with Crippen LogP contribution in [0.15, 0.2) is 59.6 Å². The van der Waals surface area contributed by atoms with Crippen molar-refractivity contribution in [3.8, 4) is 11.5 Å². The van der Waals surface area contributed by atoms with E-state index in [1.54, 1.807) is 24.3 Å². The van der Waals surface area contributed by atoms with Gasteiger partial charge in [-0.05, 0) is 54.4 Å². The van der Waals surface area contributed by atoms with E-state index in [0.29, 0.717) is 22.8 Å². The fourth-order valence-electron chi connectivity index (χ4n) is 2.56. The number of aromatic nitrogens is 1. The number of hydrogen-bond acceptors (Lipinski definition) is 5. The SMILES string of the molecule is O=C1NCc2c(Oc3ccc(NSc4ccc(F)cc4)cc3F)ccnc2N1. The van der Waals surface area contributed by atoms with E-state index in [9.17, 15) is 13.6 Å². The third-order valence-corrected chi connectivity index (χ3v) is 4.77. The number of carbonyl (C=O) groups is 1. The van der Waals surface area contributed by atoms with E-state index in [1.165, 1.54) is 42.4 Å². The third-order valence-electron chi connectivity index (χ3n) is 3.92. The van der Waals surface area contributed by atoms with Crippen LogP contribution in [0.5, 0.6) is 11.5 Å². The maximum Gasteiger partial charge on any atom is 0.320 e. The van der Waals surface area contributed by atoms with E-state index in [0.717, 1.165) is 4.90 Å². The lowest BCUT2D eigenvalue weighted by Gasteiger charge is -2.20. The minimum Gasteiger partial charge on any atom is -0.454 e. The molecule has 1 aromatic heterocycles. The monoisotopic (exact) mass is 400 g/mol. The molecule has 3 N–H and O–H groups in total. The Morgan fingerprint density at radius 3 is 2.68 bits per heavy atom. The molecule has 0 atom stereocenters. The Bertz CT molecular complexity index is 1030. The van der Waals surface area contributed by atoms with Crippen LogP contribution < -0.4 is 20.1 Å². The Hall–Kier alpha value is -3.33. The topological polar surface area (TPSA) is 75.3 Å². The predicted octanol–water partition coefficient (Wildman–Crippen LogP) is 4.91. The van der Waals surface area contributed by atoms with Crippen LogP contribution in [0, 0.1) is 11.6 Å². The number of benzene rings is 2. The molecule has 0 fully saturated rings. The van der Waals surface area contributed by atoms with Crippen molar-refractivity contribution < 1.29 is 18.3 Å². The average molecular weight is 400 g/mol. The van der Waals surface area contributed by atoms with Gasteiger partial charge < -0.3 is 14.8 Å². The Morgan fingerprint density at radius 1 is 1.07 bits per heavy atom. The van der Waals surface area contributed by atoms with Crippen molar-refractivity contribution in [1.82, 2.24) is 10.3 Å². The highest BCUT2D eigenvalue weighted by atomic mass is 32.2. The predicted molar refractivity (Wildman–Crippen MR) is 102 cm³/mol. The second-order valence-corrected chi connectivity index (χ2v) is 6.73. The van der Waals surface area contributed by atoms with E-state index in [2.05, 4.69) is 20.3 Å². The molecule has 0 aliphatic carbocycles. The summed E-state index contributed by atoms with van der Waals surface area (Å²) in [4.78, 5) is 16.3. The smallest absolute Gasteiger partial charge is 0.320 e. The lowest BCUT2D eigenvalue weighted by molar-refractivity contribution is 0.250. The highest BCUT2D eigenvalue weighted by Crippen LogP contribution is 2.33. The summed E-state index contributed by atoms with van der Waals surface area (Å²) in [5.41, 5.74) is 1.17. The number of ether oxygens (including phenoxy) is 1. The van der Waals surface area contributed by atoms with Gasteiger partial charge >= 0.3 is 6.03 Å². The molecule has 0 spiro atoms. The number of amides is 2. The van der Waals surface area contributed by atoms with Crippen LogP contribution in [0.2, 0.25) is 0 Å². The summed E-state index contributed by atoms with van der Waals surface area (Å²) < 4.78 is 36.1. The summed E-state index contributed by atoms with van der Waals surface area (Å²) in [6, 6.07) is 11.7. The van der Waals surface area contributed by atoms with Gasteiger partial charge in [-0.1, -0.05) is 0 Å². The normalized spacial score (nSPS) is 12.6. The van der Waals surface area contributed by atoms with Crippen LogP contribution in [-0.4, -0.2) is 11.0 Å². The number of nitrogens with zero attached hydrogens (tertiary/aromatic N) is 1. The Kier molecular flexibility index (Phi) is 4.98. The lowest BCUT2D eigenvalue weighted by atomic mass is 10.2. The fourth-order valence-corrected chi connectivity index (χ4v) is 3.19. The van der Waals surface area contributed by atoms with Crippen molar-refractivity contribution in [2.45, 2.75) is 11.4 Å². The molecule has 2 heterocycles. The van der Waals surface area contributed by atoms with Crippen molar-refractivity contribution in [2.75, 3.05) is 10.0 Å². The summed E-state index contributed by atoms with van der Waals surface area (Å²) >= 11 is 1.24. The number of carbonyl (C=O) groups excluding carboxylic acids is 1. The van der Waals surface area contributed by atoms with E-state index < -0.39 is 5.82 Å². The number of fused-ring (bicyclic) bond motifs is 1. The molecule has 6 nitrogen and oxygen atoms in total. The first-order valence-electron chi connectivity index (χ1n) is 8.27. The highest BCUT2D eigenvalue weighted by molar-refractivity contribution is 8.00. The van der Waals surface area contributed by atoms with Crippen LogP contribution in [-0.2, 0) is 6.54 Å². The fraction of sp³-hybridized carbons (Fsp3) is 0.0526. The molecule has 3 aromatic rings. The van der Waals surface area contributed by atoms with Gasteiger partial charge in [-0.15, -0.1) is 0 Å². The largest absolute Gasteiger partial charge is 0.454 e. The van der Waals surface area contributed by atoms with Gasteiger partial charge in [0.05, 0.1) is 12.1 Å². The summed E-state index contributed by atoms with van der Waals surface area (Å²) in [5.74, 6) is -0.0379. The third kappa shape index (κ3) is 3.99. The van der Waals surface area contributed by atoms with E-state index in [1.807, 2.05) is 0 Å². The van der Waals surface area contributed by atoms with E-state index >= 15 is 0 Å². The van der Waals surface area contributed by atoms with Gasteiger partial charge in [-0.2, -0.15) is 0 Å². The molecule has 2 amide bonds. The molecular weight excluding hydrogens is 386 g/mol. The number of pyridine rings is 1. The maximum absolute atomic E-state index is 14.5. The maximum atomic E-state index is 14.5. The molecule has 0 saturated heterocycles. The number of halogens is 2. The van der Waals surface area contributed by atoms with Crippen LogP contribution in [0.25, 0.3) is 0 Å². The molecule has 2 aromatic carbocycles. The van der Waals surface area contributed by atoms with Crippen molar-refractivity contribution in [1.29, 1.82) is 0 Å². The Labute approximate surface area is 163 Å². The molecule has 0 unspecified atom stereocenters. The molecule has 4 rings (SSSR count). The van der Waals surface area contributed by atoms with Crippen LogP contribution >= 0.6 is 11.9 Å². The lowest BCUT2D eigenvalue weighted by Crippen LogP contribution is -2.34.